The van der Waals surface area contributed by atoms with Crippen molar-refractivity contribution in [2.24, 2.45) is 0 Å². The minimum Gasteiger partial charge on any atom is -0.385 e. The van der Waals surface area contributed by atoms with Gasteiger partial charge in [-0.25, -0.2) is 0 Å². The van der Waals surface area contributed by atoms with Gasteiger partial charge in [-0.2, -0.15) is 4.98 Å². The molecule has 1 N–H and O–H groups in total. The Balaban J connectivity index is 1.84. The van der Waals surface area contributed by atoms with E-state index < -0.39 is 0 Å². The third kappa shape index (κ3) is 4.66. The van der Waals surface area contributed by atoms with E-state index >= 15 is 0 Å². The molecule has 0 atom stereocenters. The highest BCUT2D eigenvalue weighted by atomic mass is 16.5. The van der Waals surface area contributed by atoms with Crippen LogP contribution in [0.15, 0.2) is 28.8 Å². The number of nitrogens with one attached hydrogen (secondary N) is 1. The second-order valence-corrected chi connectivity index (χ2v) is 5.05. The number of amides is 1. The summed E-state index contributed by atoms with van der Waals surface area (Å²) in [4.78, 5) is 16.1. The van der Waals surface area contributed by atoms with Crippen LogP contribution in [0.2, 0.25) is 0 Å². The average molecular weight is 303 g/mol. The van der Waals surface area contributed by atoms with E-state index in [2.05, 4.69) is 15.5 Å². The number of aryl methyl sites for hydroxylation is 1. The minimum atomic E-state index is -0.114. The van der Waals surface area contributed by atoms with Gasteiger partial charge in [0.2, 0.25) is 17.6 Å². The van der Waals surface area contributed by atoms with Gasteiger partial charge >= 0.3 is 0 Å². The SMILES string of the molecule is COCCCCNC(=O)Cc1nc(-c2ccccc2C)no1. The van der Waals surface area contributed by atoms with Gasteiger partial charge in [0, 0.05) is 25.8 Å². The lowest BCUT2D eigenvalue weighted by molar-refractivity contribution is -0.120. The molecule has 0 unspecified atom stereocenters. The quantitative estimate of drug-likeness (QED) is 0.756. The molecule has 2 rings (SSSR count). The monoisotopic (exact) mass is 303 g/mol. The Hall–Kier alpha value is -2.21. The van der Waals surface area contributed by atoms with Gasteiger partial charge in [-0.05, 0) is 25.3 Å². The lowest BCUT2D eigenvalue weighted by Gasteiger charge is -2.02. The molecule has 6 heteroatoms. The first-order valence-corrected chi connectivity index (χ1v) is 7.35. The molecular weight excluding hydrogens is 282 g/mol. The van der Waals surface area contributed by atoms with Crippen LogP contribution in [-0.2, 0) is 16.0 Å². The molecule has 2 aromatic rings. The number of carbonyl (C=O) groups is 1. The fourth-order valence-corrected chi connectivity index (χ4v) is 2.06. The maximum absolute atomic E-state index is 11.8. The molecule has 1 amide bonds. The fourth-order valence-electron chi connectivity index (χ4n) is 2.06. The molecule has 0 saturated heterocycles. The van der Waals surface area contributed by atoms with Gasteiger partial charge in [0.25, 0.3) is 0 Å². The number of benzene rings is 1. The molecule has 0 fully saturated rings. The van der Waals surface area contributed by atoms with Gasteiger partial charge in [-0.15, -0.1) is 0 Å². The van der Waals surface area contributed by atoms with E-state index in [1.807, 2.05) is 31.2 Å². The largest absolute Gasteiger partial charge is 0.385 e. The zero-order chi connectivity index (χ0) is 15.8. The number of methoxy groups -OCH3 is 1. The van der Waals surface area contributed by atoms with E-state index in [9.17, 15) is 4.79 Å². The molecule has 0 aliphatic carbocycles. The smallest absolute Gasteiger partial charge is 0.236 e. The number of carbonyl (C=O) groups excluding carboxylic acids is 1. The van der Waals surface area contributed by atoms with Crippen LogP contribution in [0.1, 0.15) is 24.3 Å². The molecule has 1 aromatic heterocycles. The Morgan fingerprint density at radius 1 is 1.32 bits per heavy atom. The zero-order valence-electron chi connectivity index (χ0n) is 13.0. The Morgan fingerprint density at radius 3 is 2.91 bits per heavy atom. The van der Waals surface area contributed by atoms with Crippen molar-refractivity contribution in [1.29, 1.82) is 0 Å². The maximum Gasteiger partial charge on any atom is 0.236 e. The Labute approximate surface area is 129 Å². The highest BCUT2D eigenvalue weighted by Crippen LogP contribution is 2.19. The number of hydrogen-bond acceptors (Lipinski definition) is 5. The van der Waals surface area contributed by atoms with Crippen molar-refractivity contribution < 1.29 is 14.1 Å². The Kier molecular flexibility index (Phi) is 6.09. The van der Waals surface area contributed by atoms with E-state index in [-0.39, 0.29) is 12.3 Å². The van der Waals surface area contributed by atoms with E-state index in [1.165, 1.54) is 0 Å². The summed E-state index contributed by atoms with van der Waals surface area (Å²) in [5, 5.41) is 6.77. The molecule has 0 spiro atoms. The van der Waals surface area contributed by atoms with Crippen LogP contribution in [0.5, 0.6) is 0 Å². The number of aromatic nitrogens is 2. The fraction of sp³-hybridized carbons (Fsp3) is 0.438. The van der Waals surface area contributed by atoms with Crippen LogP contribution in [0.3, 0.4) is 0 Å². The van der Waals surface area contributed by atoms with Crippen LogP contribution >= 0.6 is 0 Å². The first-order valence-electron chi connectivity index (χ1n) is 7.35. The third-order valence-electron chi connectivity index (χ3n) is 3.26. The molecule has 0 aliphatic heterocycles. The summed E-state index contributed by atoms with van der Waals surface area (Å²) in [6.07, 6.45) is 1.91. The average Bonchev–Trinajstić information content (AvgIpc) is 2.95. The van der Waals surface area contributed by atoms with Crippen molar-refractivity contribution in [3.8, 4) is 11.4 Å². The van der Waals surface area contributed by atoms with Crippen LogP contribution < -0.4 is 5.32 Å². The van der Waals surface area contributed by atoms with Gasteiger partial charge in [0.05, 0.1) is 0 Å². The van der Waals surface area contributed by atoms with Crippen molar-refractivity contribution >= 4 is 5.91 Å². The number of nitrogens with zero attached hydrogens (tertiary/aromatic N) is 2. The van der Waals surface area contributed by atoms with Crippen molar-refractivity contribution in [2.45, 2.75) is 26.2 Å². The first kappa shape index (κ1) is 16.2. The van der Waals surface area contributed by atoms with Crippen molar-refractivity contribution in [3.05, 3.63) is 35.7 Å². The summed E-state index contributed by atoms with van der Waals surface area (Å²) in [6.45, 7) is 3.32. The lowest BCUT2D eigenvalue weighted by Crippen LogP contribution is -2.26. The standard InChI is InChI=1S/C16H21N3O3/c1-12-7-3-4-8-13(12)16-18-15(22-19-16)11-14(20)17-9-5-6-10-21-2/h3-4,7-8H,5-6,9-11H2,1-2H3,(H,17,20). The van der Waals surface area contributed by atoms with Crippen LogP contribution in [0.25, 0.3) is 11.4 Å². The van der Waals surface area contributed by atoms with Crippen molar-refractivity contribution in [1.82, 2.24) is 15.5 Å². The van der Waals surface area contributed by atoms with Gasteiger partial charge in [0.15, 0.2) is 0 Å². The topological polar surface area (TPSA) is 77.2 Å². The van der Waals surface area contributed by atoms with Gasteiger partial charge in [-0.3, -0.25) is 4.79 Å². The van der Waals surface area contributed by atoms with E-state index in [1.54, 1.807) is 7.11 Å². The Morgan fingerprint density at radius 2 is 2.14 bits per heavy atom. The van der Waals surface area contributed by atoms with Crippen LogP contribution in [0, 0.1) is 6.92 Å². The molecule has 0 saturated carbocycles. The molecule has 0 aliphatic rings. The highest BCUT2D eigenvalue weighted by molar-refractivity contribution is 5.77. The van der Waals surface area contributed by atoms with Crippen LogP contribution in [-0.4, -0.2) is 36.3 Å². The van der Waals surface area contributed by atoms with Crippen LogP contribution in [0.4, 0.5) is 0 Å². The summed E-state index contributed by atoms with van der Waals surface area (Å²) in [7, 11) is 1.67. The molecule has 6 nitrogen and oxygen atoms in total. The summed E-state index contributed by atoms with van der Waals surface area (Å²) in [5.41, 5.74) is 1.98. The molecule has 118 valence electrons. The van der Waals surface area contributed by atoms with E-state index in [0.29, 0.717) is 24.9 Å². The van der Waals surface area contributed by atoms with E-state index in [4.69, 9.17) is 9.26 Å². The molecule has 0 radical (unpaired) electrons. The number of hydrogen-bond donors (Lipinski definition) is 1. The summed E-state index contributed by atoms with van der Waals surface area (Å²) < 4.78 is 10.1. The van der Waals surface area contributed by atoms with Gasteiger partial charge in [0.1, 0.15) is 6.42 Å². The number of ether oxygens (including phenoxy) is 1. The molecule has 1 aromatic carbocycles. The Bertz CT molecular complexity index is 610. The molecule has 1 heterocycles. The lowest BCUT2D eigenvalue weighted by atomic mass is 10.1. The van der Waals surface area contributed by atoms with Crippen molar-refractivity contribution in [3.63, 3.8) is 0 Å². The summed E-state index contributed by atoms with van der Waals surface area (Å²) in [5.74, 6) is 0.728. The second-order valence-electron chi connectivity index (χ2n) is 5.05. The number of rotatable bonds is 8. The van der Waals surface area contributed by atoms with Gasteiger partial charge in [-0.1, -0.05) is 29.4 Å². The maximum atomic E-state index is 11.8. The summed E-state index contributed by atoms with van der Waals surface area (Å²) >= 11 is 0. The molecule has 22 heavy (non-hydrogen) atoms. The molecular formula is C16H21N3O3. The summed E-state index contributed by atoms with van der Waals surface area (Å²) in [6, 6.07) is 7.79. The third-order valence-corrected chi connectivity index (χ3v) is 3.26. The first-order chi connectivity index (χ1) is 10.7. The second kappa shape index (κ2) is 8.29. The van der Waals surface area contributed by atoms with E-state index in [0.717, 1.165) is 24.0 Å². The zero-order valence-corrected chi connectivity index (χ0v) is 13.0. The predicted octanol–water partition coefficient (Wildman–Crippen LogP) is 2.13. The minimum absolute atomic E-state index is 0.100. The molecule has 0 bridgehead atoms. The highest BCUT2D eigenvalue weighted by Gasteiger charge is 2.13. The van der Waals surface area contributed by atoms with Crippen molar-refractivity contribution in [2.75, 3.05) is 20.3 Å². The predicted molar refractivity (Wildman–Crippen MR) is 82.3 cm³/mol. The normalized spacial score (nSPS) is 10.6. The van der Waals surface area contributed by atoms with Gasteiger partial charge < -0.3 is 14.6 Å². The number of unbranched alkanes of at least 4 members (excludes halogenated alkanes) is 1.